The fourth-order valence-corrected chi connectivity index (χ4v) is 2.47. The van der Waals surface area contributed by atoms with E-state index in [1.807, 2.05) is 6.92 Å². The van der Waals surface area contributed by atoms with Crippen LogP contribution in [0.1, 0.15) is 26.2 Å². The van der Waals surface area contributed by atoms with Gasteiger partial charge in [-0.1, -0.05) is 12.1 Å². The Kier molecular flexibility index (Phi) is 4.07. The summed E-state index contributed by atoms with van der Waals surface area (Å²) < 4.78 is 0. The fraction of sp³-hybridized carbons (Fsp3) is 0.889. The van der Waals surface area contributed by atoms with Crippen molar-refractivity contribution >= 4 is 17.6 Å². The summed E-state index contributed by atoms with van der Waals surface area (Å²) in [5, 5.41) is 20.6. The number of nitrogens with zero attached hydrogens (tertiary/aromatic N) is 1. The number of rotatable bonds is 6. The molecule has 14 heavy (non-hydrogen) atoms. The van der Waals surface area contributed by atoms with Crippen LogP contribution in [0, 0.1) is 5.41 Å². The van der Waals surface area contributed by atoms with Crippen LogP contribution in [0.3, 0.4) is 0 Å². The number of hydrogen-bond acceptors (Lipinski definition) is 4. The minimum atomic E-state index is 0.213. The minimum Gasteiger partial charge on any atom is -0.409 e. The molecule has 1 aliphatic rings. The summed E-state index contributed by atoms with van der Waals surface area (Å²) in [7, 11) is 0. The highest BCUT2D eigenvalue weighted by atomic mass is 32.2. The second-order valence-corrected chi connectivity index (χ2v) is 5.50. The summed E-state index contributed by atoms with van der Waals surface area (Å²) in [4.78, 5) is 0. The van der Waals surface area contributed by atoms with Gasteiger partial charge in [0.1, 0.15) is 5.84 Å². The monoisotopic (exact) mass is 218 g/mol. The zero-order valence-corrected chi connectivity index (χ0v) is 9.26. The molecule has 0 aromatic carbocycles. The third-order valence-electron chi connectivity index (χ3n) is 2.57. The van der Waals surface area contributed by atoms with Crippen LogP contribution in [0.2, 0.25) is 0 Å². The molecule has 1 rings (SSSR count). The molecule has 0 spiro atoms. The van der Waals surface area contributed by atoms with Crippen molar-refractivity contribution in [3.63, 3.8) is 0 Å². The van der Waals surface area contributed by atoms with Crippen molar-refractivity contribution < 1.29 is 10.3 Å². The molecule has 4 N–H and O–H groups in total. The maximum atomic E-state index is 8.87. The number of aliphatic hydroxyl groups excluding tert-OH is 1. The topological polar surface area (TPSA) is 78.8 Å². The second kappa shape index (κ2) is 4.89. The predicted octanol–water partition coefficient (Wildman–Crippen LogP) is 1.02. The van der Waals surface area contributed by atoms with Crippen LogP contribution in [0.4, 0.5) is 0 Å². The van der Waals surface area contributed by atoms with Crippen molar-refractivity contribution in [3.8, 4) is 0 Å². The number of amidine groups is 1. The molecular formula is C9H18N2O2S. The Bertz CT molecular complexity index is 217. The first-order valence-electron chi connectivity index (χ1n) is 4.81. The van der Waals surface area contributed by atoms with Crippen molar-refractivity contribution in [2.75, 3.05) is 12.4 Å². The van der Waals surface area contributed by atoms with E-state index < -0.39 is 0 Å². The van der Waals surface area contributed by atoms with E-state index in [0.29, 0.717) is 12.3 Å². The number of hydrogen-bond donors (Lipinski definition) is 3. The molecule has 1 unspecified atom stereocenters. The first kappa shape index (κ1) is 11.7. The molecule has 0 aliphatic heterocycles. The second-order valence-electron chi connectivity index (χ2n) is 4.07. The van der Waals surface area contributed by atoms with Gasteiger partial charge in [-0.25, -0.2) is 0 Å². The van der Waals surface area contributed by atoms with Crippen molar-refractivity contribution in [2.45, 2.75) is 31.4 Å². The van der Waals surface area contributed by atoms with Crippen LogP contribution in [-0.4, -0.2) is 33.8 Å². The molecule has 5 heteroatoms. The third kappa shape index (κ3) is 3.38. The molecule has 4 nitrogen and oxygen atoms in total. The first-order valence-corrected chi connectivity index (χ1v) is 5.86. The van der Waals surface area contributed by atoms with Crippen LogP contribution < -0.4 is 5.73 Å². The lowest BCUT2D eigenvalue weighted by Crippen LogP contribution is -2.20. The maximum absolute atomic E-state index is 8.87. The Hall–Kier alpha value is -0.420. The van der Waals surface area contributed by atoms with Crippen LogP contribution in [-0.2, 0) is 0 Å². The van der Waals surface area contributed by atoms with E-state index >= 15 is 0 Å². The Labute approximate surface area is 88.6 Å². The molecule has 0 radical (unpaired) electrons. The fourth-order valence-electron chi connectivity index (χ4n) is 1.34. The summed E-state index contributed by atoms with van der Waals surface area (Å²) in [5.41, 5.74) is 5.72. The largest absolute Gasteiger partial charge is 0.409 e. The molecule has 0 heterocycles. The molecule has 1 atom stereocenters. The van der Waals surface area contributed by atoms with Crippen LogP contribution >= 0.6 is 11.8 Å². The molecule has 1 aliphatic carbocycles. The van der Waals surface area contributed by atoms with E-state index in [0.717, 1.165) is 18.6 Å². The number of aliphatic hydroxyl groups is 1. The van der Waals surface area contributed by atoms with Crippen LogP contribution in [0.5, 0.6) is 0 Å². The standard InChI is InChI=1S/C9H18N2O2S/c1-7(5-12)14-6-9(2-3-9)4-8(10)11-13/h7,12-13H,2-6H2,1H3,(H2,10,11). The van der Waals surface area contributed by atoms with Gasteiger partial charge in [-0.3, -0.25) is 0 Å². The Balaban J connectivity index is 2.29. The molecule has 0 saturated heterocycles. The lowest BCUT2D eigenvalue weighted by atomic mass is 10.1. The van der Waals surface area contributed by atoms with E-state index in [1.165, 1.54) is 0 Å². The van der Waals surface area contributed by atoms with Gasteiger partial charge in [0.2, 0.25) is 0 Å². The van der Waals surface area contributed by atoms with Gasteiger partial charge in [0.05, 0.1) is 6.61 Å². The van der Waals surface area contributed by atoms with Crippen molar-refractivity contribution in [1.29, 1.82) is 0 Å². The highest BCUT2D eigenvalue weighted by molar-refractivity contribution is 7.99. The third-order valence-corrected chi connectivity index (χ3v) is 4.07. The summed E-state index contributed by atoms with van der Waals surface area (Å²) in [6.45, 7) is 2.22. The van der Waals surface area contributed by atoms with Gasteiger partial charge >= 0.3 is 0 Å². The SMILES string of the molecule is CC(CO)SCC1(CC(N)=NO)CC1. The Morgan fingerprint density at radius 1 is 1.64 bits per heavy atom. The van der Waals surface area contributed by atoms with Crippen LogP contribution in [0.25, 0.3) is 0 Å². The minimum absolute atomic E-state index is 0.213. The van der Waals surface area contributed by atoms with Gasteiger partial charge in [-0.05, 0) is 24.0 Å². The van der Waals surface area contributed by atoms with Gasteiger partial charge in [-0.2, -0.15) is 11.8 Å². The molecule has 1 saturated carbocycles. The van der Waals surface area contributed by atoms with Crippen molar-refractivity contribution in [3.05, 3.63) is 0 Å². The lowest BCUT2D eigenvalue weighted by molar-refractivity contribution is 0.299. The Morgan fingerprint density at radius 3 is 2.71 bits per heavy atom. The van der Waals surface area contributed by atoms with Gasteiger partial charge < -0.3 is 16.0 Å². The Morgan fingerprint density at radius 2 is 2.29 bits per heavy atom. The average molecular weight is 218 g/mol. The van der Waals surface area contributed by atoms with Gasteiger partial charge in [-0.15, -0.1) is 0 Å². The van der Waals surface area contributed by atoms with Crippen LogP contribution in [0.15, 0.2) is 5.16 Å². The normalized spacial score (nSPS) is 22.0. The summed E-state index contributed by atoms with van der Waals surface area (Å²) in [6.07, 6.45) is 2.97. The van der Waals surface area contributed by atoms with E-state index in [9.17, 15) is 0 Å². The molecular weight excluding hydrogens is 200 g/mol. The zero-order valence-electron chi connectivity index (χ0n) is 8.44. The zero-order chi connectivity index (χ0) is 10.6. The predicted molar refractivity (Wildman–Crippen MR) is 58.7 cm³/mol. The lowest BCUT2D eigenvalue weighted by Gasteiger charge is -2.15. The number of thioether (sulfide) groups is 1. The molecule has 0 bridgehead atoms. The maximum Gasteiger partial charge on any atom is 0.139 e. The van der Waals surface area contributed by atoms with Gasteiger partial charge in [0.15, 0.2) is 0 Å². The summed E-state index contributed by atoms with van der Waals surface area (Å²) >= 11 is 1.76. The van der Waals surface area contributed by atoms with Crippen molar-refractivity contribution in [1.82, 2.24) is 0 Å². The van der Waals surface area contributed by atoms with E-state index in [2.05, 4.69) is 5.16 Å². The highest BCUT2D eigenvalue weighted by Gasteiger charge is 2.43. The first-order chi connectivity index (χ1) is 6.62. The number of oxime groups is 1. The van der Waals surface area contributed by atoms with E-state index in [-0.39, 0.29) is 17.3 Å². The number of nitrogens with two attached hydrogens (primary N) is 1. The molecule has 0 amide bonds. The van der Waals surface area contributed by atoms with E-state index in [1.54, 1.807) is 11.8 Å². The summed E-state index contributed by atoms with van der Waals surface area (Å²) in [5.74, 6) is 1.31. The quantitative estimate of drug-likeness (QED) is 0.269. The molecule has 0 aromatic heterocycles. The van der Waals surface area contributed by atoms with Gasteiger partial charge in [0, 0.05) is 11.7 Å². The van der Waals surface area contributed by atoms with Crippen molar-refractivity contribution in [2.24, 2.45) is 16.3 Å². The molecule has 0 aromatic rings. The average Bonchev–Trinajstić information content (AvgIpc) is 2.94. The highest BCUT2D eigenvalue weighted by Crippen LogP contribution is 2.51. The van der Waals surface area contributed by atoms with E-state index in [4.69, 9.17) is 16.0 Å². The molecule has 82 valence electrons. The smallest absolute Gasteiger partial charge is 0.139 e. The van der Waals surface area contributed by atoms with Gasteiger partial charge in [0.25, 0.3) is 0 Å². The molecule has 1 fully saturated rings. The summed E-state index contributed by atoms with van der Waals surface area (Å²) in [6, 6.07) is 0.